The van der Waals surface area contributed by atoms with Gasteiger partial charge in [-0.2, -0.15) is 5.10 Å². The van der Waals surface area contributed by atoms with Gasteiger partial charge in [0.2, 0.25) is 0 Å². The fraction of sp³-hybridized carbons (Fsp3) is 0.156. The van der Waals surface area contributed by atoms with Gasteiger partial charge in [0.25, 0.3) is 0 Å². The van der Waals surface area contributed by atoms with Crippen molar-refractivity contribution in [2.24, 2.45) is 0 Å². The number of aromatic nitrogens is 4. The fourth-order valence-electron chi connectivity index (χ4n) is 7.63. The normalized spacial score (nSPS) is 12.1. The molecule has 4 aromatic heterocycles. The standard InChI is InChI=1S/C45H38N4OS/c1-27-22-28(2)42(29(3)23-27)36-19-21-48(47-36)31-10-9-11-32(25-31)50-33-14-15-34-38(26-33)49(41-24-30(18-20-46-41)45(4,5)6)37-16-17-40-44(43(34)37)35-12-7-8-13-39(35)51-40/h7-26H,1-6H3. The lowest BCUT2D eigenvalue weighted by Gasteiger charge is -2.20. The molecule has 51 heavy (non-hydrogen) atoms. The van der Waals surface area contributed by atoms with Crippen molar-refractivity contribution in [1.29, 1.82) is 0 Å². The van der Waals surface area contributed by atoms with Crippen molar-refractivity contribution in [3.8, 4) is 34.3 Å². The molecule has 5 nitrogen and oxygen atoms in total. The summed E-state index contributed by atoms with van der Waals surface area (Å²) >= 11 is 1.85. The number of ether oxygens (including phenoxy) is 1. The summed E-state index contributed by atoms with van der Waals surface area (Å²) in [7, 11) is 0. The summed E-state index contributed by atoms with van der Waals surface area (Å²) in [6.45, 7) is 13.2. The van der Waals surface area contributed by atoms with Crippen molar-refractivity contribution < 1.29 is 4.74 Å². The summed E-state index contributed by atoms with van der Waals surface area (Å²) in [5, 5.41) is 9.97. The van der Waals surface area contributed by atoms with Crippen molar-refractivity contribution in [3.63, 3.8) is 0 Å². The van der Waals surface area contributed by atoms with Crippen LogP contribution in [0.1, 0.15) is 43.0 Å². The number of hydrogen-bond donors (Lipinski definition) is 0. The Bertz CT molecular complexity index is 2790. The van der Waals surface area contributed by atoms with E-state index in [-0.39, 0.29) is 5.41 Å². The Kier molecular flexibility index (Phi) is 7.16. The van der Waals surface area contributed by atoms with Gasteiger partial charge in [0.1, 0.15) is 17.3 Å². The van der Waals surface area contributed by atoms with Crippen LogP contribution in [0.4, 0.5) is 0 Å². The van der Waals surface area contributed by atoms with Crippen LogP contribution in [0.25, 0.3) is 64.7 Å². The lowest BCUT2D eigenvalue weighted by atomic mass is 9.88. The zero-order valence-electron chi connectivity index (χ0n) is 29.7. The molecule has 0 atom stereocenters. The molecule has 250 valence electrons. The van der Waals surface area contributed by atoms with E-state index in [4.69, 9.17) is 14.8 Å². The number of fused-ring (bicyclic) bond motifs is 7. The molecule has 5 aromatic carbocycles. The van der Waals surface area contributed by atoms with E-state index in [0.29, 0.717) is 0 Å². The molecule has 0 radical (unpaired) electrons. The Morgan fingerprint density at radius 1 is 0.667 bits per heavy atom. The molecular weight excluding hydrogens is 645 g/mol. The van der Waals surface area contributed by atoms with E-state index in [0.717, 1.165) is 39.7 Å². The van der Waals surface area contributed by atoms with Gasteiger partial charge in [-0.05, 0) is 104 Å². The maximum atomic E-state index is 6.63. The van der Waals surface area contributed by atoms with Crippen LogP contribution in [0.5, 0.6) is 11.5 Å². The summed E-state index contributed by atoms with van der Waals surface area (Å²) in [4.78, 5) is 4.94. The molecule has 0 aliphatic rings. The Labute approximate surface area is 301 Å². The van der Waals surface area contributed by atoms with Gasteiger partial charge in [-0.25, -0.2) is 9.67 Å². The molecule has 0 saturated heterocycles. The summed E-state index contributed by atoms with van der Waals surface area (Å²) in [6, 6.07) is 38.7. The van der Waals surface area contributed by atoms with Gasteiger partial charge in [0, 0.05) is 61.0 Å². The molecule has 9 rings (SSSR count). The van der Waals surface area contributed by atoms with Gasteiger partial charge >= 0.3 is 0 Å². The van der Waals surface area contributed by atoms with Crippen LogP contribution >= 0.6 is 11.3 Å². The molecular formula is C45H38N4OS. The molecule has 0 saturated carbocycles. The van der Waals surface area contributed by atoms with Crippen molar-refractivity contribution in [2.45, 2.75) is 47.0 Å². The lowest BCUT2D eigenvalue weighted by molar-refractivity contribution is 0.483. The van der Waals surface area contributed by atoms with E-state index in [2.05, 4.69) is 137 Å². The van der Waals surface area contributed by atoms with Gasteiger partial charge in [-0.3, -0.25) is 4.57 Å². The number of aryl methyl sites for hydroxylation is 3. The van der Waals surface area contributed by atoms with Crippen LogP contribution < -0.4 is 4.74 Å². The minimum atomic E-state index is -0.0142. The molecule has 0 bridgehead atoms. The van der Waals surface area contributed by atoms with E-state index in [1.807, 2.05) is 46.6 Å². The average molecular weight is 683 g/mol. The number of hydrogen-bond acceptors (Lipinski definition) is 4. The number of benzene rings is 5. The molecule has 0 amide bonds. The molecule has 4 heterocycles. The highest BCUT2D eigenvalue weighted by Gasteiger charge is 2.21. The highest BCUT2D eigenvalue weighted by molar-refractivity contribution is 7.26. The largest absolute Gasteiger partial charge is 0.457 e. The maximum Gasteiger partial charge on any atom is 0.137 e. The molecule has 9 aromatic rings. The lowest BCUT2D eigenvalue weighted by Crippen LogP contribution is -2.12. The highest BCUT2D eigenvalue weighted by atomic mass is 32.1. The van der Waals surface area contributed by atoms with Crippen LogP contribution in [-0.2, 0) is 5.41 Å². The zero-order chi connectivity index (χ0) is 35.0. The summed E-state index contributed by atoms with van der Waals surface area (Å²) in [5.41, 5.74) is 10.2. The number of thiophene rings is 1. The van der Waals surface area contributed by atoms with Gasteiger partial charge in [0.15, 0.2) is 0 Å². The van der Waals surface area contributed by atoms with Crippen molar-refractivity contribution in [2.75, 3.05) is 0 Å². The first kappa shape index (κ1) is 31.3. The quantitative estimate of drug-likeness (QED) is 0.181. The van der Waals surface area contributed by atoms with E-state index < -0.39 is 0 Å². The maximum absolute atomic E-state index is 6.63. The van der Waals surface area contributed by atoms with Crippen LogP contribution in [-0.4, -0.2) is 19.3 Å². The van der Waals surface area contributed by atoms with E-state index in [9.17, 15) is 0 Å². The van der Waals surface area contributed by atoms with E-state index in [1.54, 1.807) is 0 Å². The fourth-order valence-corrected chi connectivity index (χ4v) is 8.74. The SMILES string of the molecule is Cc1cc(C)c(-c2ccn(-c3cccc(Oc4ccc5c6c7c(ccc6n(-c6cc(C(C)(C)C)ccn6)c5c4)sc4ccccc47)c3)n2)c(C)c1. The smallest absolute Gasteiger partial charge is 0.137 e. The monoisotopic (exact) mass is 682 g/mol. The van der Waals surface area contributed by atoms with E-state index in [1.165, 1.54) is 58.8 Å². The Hall–Kier alpha value is -5.72. The van der Waals surface area contributed by atoms with Gasteiger partial charge in [0.05, 0.1) is 22.4 Å². The van der Waals surface area contributed by atoms with Gasteiger partial charge in [-0.15, -0.1) is 11.3 Å². The summed E-state index contributed by atoms with van der Waals surface area (Å²) in [6.07, 6.45) is 3.95. The van der Waals surface area contributed by atoms with Crippen LogP contribution in [0.15, 0.2) is 122 Å². The number of rotatable bonds is 5. The molecule has 0 fully saturated rings. The third-order valence-corrected chi connectivity index (χ3v) is 11.1. The molecule has 0 aliphatic carbocycles. The molecule has 0 spiro atoms. The van der Waals surface area contributed by atoms with Crippen molar-refractivity contribution >= 4 is 53.3 Å². The van der Waals surface area contributed by atoms with Gasteiger partial charge in [-0.1, -0.05) is 62.7 Å². The molecule has 0 unspecified atom stereocenters. The molecule has 6 heteroatoms. The second kappa shape index (κ2) is 11.7. The van der Waals surface area contributed by atoms with Gasteiger partial charge < -0.3 is 4.74 Å². The van der Waals surface area contributed by atoms with Crippen LogP contribution in [0, 0.1) is 20.8 Å². The first-order chi connectivity index (χ1) is 24.6. The number of nitrogens with zero attached hydrogens (tertiary/aromatic N) is 4. The first-order valence-electron chi connectivity index (χ1n) is 17.4. The number of pyridine rings is 1. The predicted molar refractivity (Wildman–Crippen MR) is 213 cm³/mol. The second-order valence-corrected chi connectivity index (χ2v) is 15.7. The Morgan fingerprint density at radius 3 is 2.29 bits per heavy atom. The first-order valence-corrected chi connectivity index (χ1v) is 18.2. The average Bonchev–Trinajstić information content (AvgIpc) is 3.82. The summed E-state index contributed by atoms with van der Waals surface area (Å²) < 4.78 is 13.4. The van der Waals surface area contributed by atoms with Crippen molar-refractivity contribution in [3.05, 3.63) is 144 Å². The minimum absolute atomic E-state index is 0.0142. The third-order valence-electron chi connectivity index (χ3n) is 9.92. The minimum Gasteiger partial charge on any atom is -0.457 e. The van der Waals surface area contributed by atoms with E-state index >= 15 is 0 Å². The predicted octanol–water partition coefficient (Wildman–Crippen LogP) is 12.4. The molecule has 0 aliphatic heterocycles. The molecule has 0 N–H and O–H groups in total. The zero-order valence-corrected chi connectivity index (χ0v) is 30.5. The summed E-state index contributed by atoms with van der Waals surface area (Å²) in [5.74, 6) is 2.40. The van der Waals surface area contributed by atoms with Crippen molar-refractivity contribution in [1.82, 2.24) is 19.3 Å². The highest BCUT2D eigenvalue weighted by Crippen LogP contribution is 2.44. The second-order valence-electron chi connectivity index (χ2n) is 14.6. The Balaban J connectivity index is 1.17. The van der Waals surface area contributed by atoms with Crippen LogP contribution in [0.2, 0.25) is 0 Å². The Morgan fingerprint density at radius 2 is 1.47 bits per heavy atom. The van der Waals surface area contributed by atoms with Crippen LogP contribution in [0.3, 0.4) is 0 Å². The third kappa shape index (κ3) is 5.29. The topological polar surface area (TPSA) is 44.9 Å².